The van der Waals surface area contributed by atoms with Crippen molar-refractivity contribution in [2.45, 2.75) is 18.9 Å². The molecule has 0 bridgehead atoms. The Balaban J connectivity index is 1.77. The van der Waals surface area contributed by atoms with Crippen LogP contribution in [0.1, 0.15) is 22.3 Å². The van der Waals surface area contributed by atoms with Crippen molar-refractivity contribution in [3.63, 3.8) is 0 Å². The number of aryl methyl sites for hydroxylation is 1. The first-order valence-electron chi connectivity index (χ1n) is 9.61. The Morgan fingerprint density at radius 1 is 0.967 bits per heavy atom. The third-order valence-corrected chi connectivity index (χ3v) is 4.64. The van der Waals surface area contributed by atoms with Crippen molar-refractivity contribution in [3.05, 3.63) is 95.8 Å². The van der Waals surface area contributed by atoms with Crippen LogP contribution in [-0.2, 0) is 11.2 Å². The van der Waals surface area contributed by atoms with E-state index < -0.39 is 17.8 Å². The Kier molecular flexibility index (Phi) is 7.16. The number of halogens is 1. The number of benzene rings is 3. The molecule has 0 aliphatic heterocycles. The van der Waals surface area contributed by atoms with Gasteiger partial charge in [-0.3, -0.25) is 9.59 Å². The lowest BCUT2D eigenvalue weighted by molar-refractivity contribution is -0.118. The van der Waals surface area contributed by atoms with E-state index in [1.54, 1.807) is 24.3 Å². The van der Waals surface area contributed by atoms with Crippen LogP contribution >= 0.6 is 0 Å². The summed E-state index contributed by atoms with van der Waals surface area (Å²) in [6.07, 6.45) is 0.973. The Morgan fingerprint density at radius 2 is 1.63 bits per heavy atom. The monoisotopic (exact) mass is 406 g/mol. The molecule has 0 spiro atoms. The highest BCUT2D eigenvalue weighted by Gasteiger charge is 2.22. The van der Waals surface area contributed by atoms with E-state index in [9.17, 15) is 14.0 Å². The average molecular weight is 406 g/mol. The molecule has 6 heteroatoms. The highest BCUT2D eigenvalue weighted by atomic mass is 19.1. The molecule has 0 saturated heterocycles. The molecule has 0 saturated carbocycles. The van der Waals surface area contributed by atoms with E-state index in [-0.39, 0.29) is 11.6 Å². The van der Waals surface area contributed by atoms with Gasteiger partial charge in [-0.25, -0.2) is 4.39 Å². The van der Waals surface area contributed by atoms with Crippen molar-refractivity contribution < 1.29 is 18.7 Å². The molecule has 2 N–H and O–H groups in total. The largest absolute Gasteiger partial charge is 0.495 e. The van der Waals surface area contributed by atoms with Gasteiger partial charge in [-0.2, -0.15) is 0 Å². The van der Waals surface area contributed by atoms with Crippen LogP contribution in [0.4, 0.5) is 10.1 Å². The normalized spacial score (nSPS) is 11.4. The summed E-state index contributed by atoms with van der Waals surface area (Å²) in [6, 6.07) is 21.4. The van der Waals surface area contributed by atoms with Crippen molar-refractivity contribution in [1.82, 2.24) is 5.32 Å². The Hall–Kier alpha value is -3.67. The van der Waals surface area contributed by atoms with Crippen molar-refractivity contribution >= 4 is 17.5 Å². The number of nitrogens with one attached hydrogen (secondary N) is 2. The molecular weight excluding hydrogens is 383 g/mol. The van der Waals surface area contributed by atoms with Gasteiger partial charge in [0.15, 0.2) is 0 Å². The van der Waals surface area contributed by atoms with Crippen LogP contribution in [-0.4, -0.2) is 25.0 Å². The molecule has 30 heavy (non-hydrogen) atoms. The second-order valence-corrected chi connectivity index (χ2v) is 6.75. The number of methoxy groups -OCH3 is 1. The van der Waals surface area contributed by atoms with Crippen molar-refractivity contribution in [2.24, 2.45) is 0 Å². The number of anilines is 1. The first-order valence-corrected chi connectivity index (χ1v) is 9.61. The van der Waals surface area contributed by atoms with E-state index in [0.29, 0.717) is 24.2 Å². The zero-order valence-corrected chi connectivity index (χ0v) is 16.6. The van der Waals surface area contributed by atoms with E-state index in [1.165, 1.54) is 25.3 Å². The highest BCUT2D eigenvalue weighted by Crippen LogP contribution is 2.25. The number of hydrogen-bond acceptors (Lipinski definition) is 3. The first kappa shape index (κ1) is 21.0. The number of rotatable bonds is 8. The van der Waals surface area contributed by atoms with Gasteiger partial charge in [0.1, 0.15) is 17.6 Å². The van der Waals surface area contributed by atoms with Gasteiger partial charge in [0.05, 0.1) is 12.8 Å². The van der Waals surface area contributed by atoms with Gasteiger partial charge in [0.25, 0.3) is 5.91 Å². The fraction of sp³-hybridized carbons (Fsp3) is 0.167. The lowest BCUT2D eigenvalue weighted by atomic mass is 10.0. The lowest BCUT2D eigenvalue weighted by Gasteiger charge is -2.19. The molecule has 0 radical (unpaired) electrons. The fourth-order valence-corrected chi connectivity index (χ4v) is 3.05. The maximum Gasteiger partial charge on any atom is 0.251 e. The third-order valence-electron chi connectivity index (χ3n) is 4.64. The van der Waals surface area contributed by atoms with Gasteiger partial charge in [-0.15, -0.1) is 0 Å². The summed E-state index contributed by atoms with van der Waals surface area (Å²) in [4.78, 5) is 25.6. The SMILES string of the molecule is COc1ccc(F)cc1NC(=O)C(CCc1ccccc1)NC(=O)c1ccccc1. The van der Waals surface area contributed by atoms with Gasteiger partial charge < -0.3 is 15.4 Å². The van der Waals surface area contributed by atoms with Crippen LogP contribution in [0.25, 0.3) is 0 Å². The van der Waals surface area contributed by atoms with Crippen LogP contribution in [0, 0.1) is 5.82 Å². The number of amides is 2. The predicted molar refractivity (Wildman–Crippen MR) is 114 cm³/mol. The van der Waals surface area contributed by atoms with Gasteiger partial charge >= 0.3 is 0 Å². The van der Waals surface area contributed by atoms with E-state index in [2.05, 4.69) is 10.6 Å². The average Bonchev–Trinajstić information content (AvgIpc) is 2.78. The van der Waals surface area contributed by atoms with Crippen molar-refractivity contribution in [3.8, 4) is 5.75 Å². The molecule has 0 aliphatic rings. The minimum absolute atomic E-state index is 0.209. The highest BCUT2D eigenvalue weighted by molar-refractivity contribution is 6.01. The van der Waals surface area contributed by atoms with E-state index in [1.807, 2.05) is 36.4 Å². The van der Waals surface area contributed by atoms with E-state index >= 15 is 0 Å². The summed E-state index contributed by atoms with van der Waals surface area (Å²) in [5.41, 5.74) is 1.71. The summed E-state index contributed by atoms with van der Waals surface area (Å²) >= 11 is 0. The summed E-state index contributed by atoms with van der Waals surface area (Å²) in [6.45, 7) is 0. The molecule has 0 aliphatic carbocycles. The smallest absolute Gasteiger partial charge is 0.251 e. The Bertz CT molecular complexity index is 994. The molecule has 5 nitrogen and oxygen atoms in total. The van der Waals surface area contributed by atoms with Crippen LogP contribution < -0.4 is 15.4 Å². The first-order chi connectivity index (χ1) is 14.6. The molecule has 0 aromatic heterocycles. The number of carbonyl (C=O) groups is 2. The van der Waals surface area contributed by atoms with Crippen molar-refractivity contribution in [1.29, 1.82) is 0 Å². The predicted octanol–water partition coefficient (Wildman–Crippen LogP) is 4.20. The zero-order valence-electron chi connectivity index (χ0n) is 16.6. The van der Waals surface area contributed by atoms with Gasteiger partial charge in [-0.05, 0) is 42.7 Å². The van der Waals surface area contributed by atoms with Gasteiger partial charge in [0, 0.05) is 11.6 Å². The Morgan fingerprint density at radius 3 is 2.30 bits per heavy atom. The maximum atomic E-state index is 13.7. The second-order valence-electron chi connectivity index (χ2n) is 6.75. The Labute approximate surface area is 174 Å². The summed E-state index contributed by atoms with van der Waals surface area (Å²) in [5.74, 6) is -0.963. The summed E-state index contributed by atoms with van der Waals surface area (Å²) < 4.78 is 18.9. The van der Waals surface area contributed by atoms with Crippen LogP contribution in [0.15, 0.2) is 78.9 Å². The standard InChI is InChI=1S/C24H23FN2O3/c1-30-22-15-13-19(25)16-21(22)27-24(29)20(14-12-17-8-4-2-5-9-17)26-23(28)18-10-6-3-7-11-18/h2-11,13,15-16,20H,12,14H2,1H3,(H,26,28)(H,27,29). The second kappa shape index (κ2) is 10.2. The van der Waals surface area contributed by atoms with Crippen LogP contribution in [0.5, 0.6) is 5.75 Å². The molecule has 0 heterocycles. The molecular formula is C24H23FN2O3. The van der Waals surface area contributed by atoms with Crippen LogP contribution in [0.2, 0.25) is 0 Å². The molecule has 3 aromatic carbocycles. The maximum absolute atomic E-state index is 13.7. The summed E-state index contributed by atoms with van der Waals surface area (Å²) in [7, 11) is 1.44. The number of hydrogen-bond donors (Lipinski definition) is 2. The molecule has 1 atom stereocenters. The minimum atomic E-state index is -0.814. The molecule has 154 valence electrons. The fourth-order valence-electron chi connectivity index (χ4n) is 3.05. The molecule has 3 rings (SSSR count). The lowest BCUT2D eigenvalue weighted by Crippen LogP contribution is -2.44. The molecule has 3 aromatic rings. The molecule has 2 amide bonds. The quantitative estimate of drug-likeness (QED) is 0.589. The summed E-state index contributed by atoms with van der Waals surface area (Å²) in [5, 5.41) is 5.47. The molecule has 0 fully saturated rings. The topological polar surface area (TPSA) is 67.4 Å². The van der Waals surface area contributed by atoms with E-state index in [0.717, 1.165) is 5.56 Å². The molecule has 1 unspecified atom stereocenters. The zero-order chi connectivity index (χ0) is 21.3. The number of carbonyl (C=O) groups excluding carboxylic acids is 2. The van der Waals surface area contributed by atoms with Crippen LogP contribution in [0.3, 0.4) is 0 Å². The van der Waals surface area contributed by atoms with E-state index in [4.69, 9.17) is 4.74 Å². The van der Waals surface area contributed by atoms with Gasteiger partial charge in [0.2, 0.25) is 5.91 Å². The third kappa shape index (κ3) is 5.67. The number of ether oxygens (including phenoxy) is 1. The van der Waals surface area contributed by atoms with Crippen molar-refractivity contribution in [2.75, 3.05) is 12.4 Å². The minimum Gasteiger partial charge on any atom is -0.495 e. The van der Waals surface area contributed by atoms with Gasteiger partial charge in [-0.1, -0.05) is 48.5 Å².